The van der Waals surface area contributed by atoms with Gasteiger partial charge in [-0.05, 0) is 56.3 Å². The molecule has 0 atom stereocenters. The van der Waals surface area contributed by atoms with Crippen LogP contribution in [0.5, 0.6) is 0 Å². The number of carbonyl (C=O) groups is 1. The number of ketones is 1. The van der Waals surface area contributed by atoms with Gasteiger partial charge in [-0.15, -0.1) is 0 Å². The second kappa shape index (κ2) is 8.81. The van der Waals surface area contributed by atoms with Gasteiger partial charge < -0.3 is 4.42 Å². The number of aryl methyl sites for hydroxylation is 2. The van der Waals surface area contributed by atoms with Crippen LogP contribution in [0.2, 0.25) is 5.02 Å². The first-order valence-corrected chi connectivity index (χ1v) is 11.9. The number of fused-ring (bicyclic) bond motifs is 1. The van der Waals surface area contributed by atoms with E-state index in [0.717, 1.165) is 17.2 Å². The molecule has 1 heterocycles. The van der Waals surface area contributed by atoms with Crippen molar-refractivity contribution in [2.75, 3.05) is 0 Å². The molecule has 0 fully saturated rings. The summed E-state index contributed by atoms with van der Waals surface area (Å²) >= 11 is 5.90. The lowest BCUT2D eigenvalue weighted by Crippen LogP contribution is -2.16. The van der Waals surface area contributed by atoms with E-state index >= 15 is 0 Å². The predicted molar refractivity (Wildman–Crippen MR) is 129 cm³/mol. The van der Waals surface area contributed by atoms with Gasteiger partial charge in [-0.3, -0.25) is 9.59 Å². The SMILES string of the molecule is Cc1ccc(C(=O)/C(=C\c2coc3ccc(C)cc3c2=O)S(=O)(=O)c2ccc(Cl)cc2)cc1. The van der Waals surface area contributed by atoms with Crippen molar-refractivity contribution in [1.29, 1.82) is 0 Å². The smallest absolute Gasteiger partial charge is 0.210 e. The largest absolute Gasteiger partial charge is 0.463 e. The van der Waals surface area contributed by atoms with Gasteiger partial charge in [-0.2, -0.15) is 0 Å². The van der Waals surface area contributed by atoms with E-state index in [4.69, 9.17) is 16.0 Å². The Bertz CT molecular complexity index is 1560. The van der Waals surface area contributed by atoms with Crippen LogP contribution in [0.3, 0.4) is 0 Å². The van der Waals surface area contributed by atoms with E-state index in [-0.39, 0.29) is 16.0 Å². The fourth-order valence-corrected chi connectivity index (χ4v) is 4.87. The van der Waals surface area contributed by atoms with Gasteiger partial charge in [0.2, 0.25) is 15.6 Å². The molecule has 0 radical (unpaired) electrons. The van der Waals surface area contributed by atoms with Gasteiger partial charge in [0.1, 0.15) is 16.8 Å². The number of hydrogen-bond donors (Lipinski definition) is 0. The average Bonchev–Trinajstić information content (AvgIpc) is 2.79. The fourth-order valence-electron chi connectivity index (χ4n) is 3.35. The Hall–Kier alpha value is -3.48. The van der Waals surface area contributed by atoms with Crippen LogP contribution in [0, 0.1) is 13.8 Å². The van der Waals surface area contributed by atoms with E-state index in [1.165, 1.54) is 30.5 Å². The van der Waals surface area contributed by atoms with Gasteiger partial charge in [-0.25, -0.2) is 8.42 Å². The summed E-state index contributed by atoms with van der Waals surface area (Å²) in [6.45, 7) is 3.69. The standard InChI is InChI=1S/C26H19ClO5S/c1-16-3-6-18(7-4-16)26(29)24(33(30,31)21-10-8-20(27)9-11-21)14-19-15-32-23-12-5-17(2)13-22(23)25(19)28/h3-15H,1-2H3/b24-14+. The molecule has 0 aliphatic heterocycles. The second-order valence-corrected chi connectivity index (χ2v) is 10.0. The summed E-state index contributed by atoms with van der Waals surface area (Å²) in [4.78, 5) is 25.8. The molecule has 0 bridgehead atoms. The lowest BCUT2D eigenvalue weighted by atomic mass is 10.1. The molecule has 33 heavy (non-hydrogen) atoms. The summed E-state index contributed by atoms with van der Waals surface area (Å²) in [5.41, 5.74) is 1.85. The third kappa shape index (κ3) is 4.53. The van der Waals surface area contributed by atoms with Gasteiger partial charge in [-0.1, -0.05) is 53.1 Å². The quantitative estimate of drug-likeness (QED) is 0.269. The lowest BCUT2D eigenvalue weighted by molar-refractivity contribution is 0.104. The molecule has 0 saturated heterocycles. The van der Waals surface area contributed by atoms with E-state index < -0.39 is 26.0 Å². The zero-order valence-corrected chi connectivity index (χ0v) is 19.4. The van der Waals surface area contributed by atoms with Gasteiger partial charge >= 0.3 is 0 Å². The monoisotopic (exact) mass is 478 g/mol. The highest BCUT2D eigenvalue weighted by Crippen LogP contribution is 2.26. The van der Waals surface area contributed by atoms with Gasteiger partial charge in [0.15, 0.2) is 5.43 Å². The van der Waals surface area contributed by atoms with E-state index in [1.807, 2.05) is 13.8 Å². The topological polar surface area (TPSA) is 81.4 Å². The number of halogens is 1. The minimum absolute atomic E-state index is 0.0406. The zero-order chi connectivity index (χ0) is 23.8. The van der Waals surface area contributed by atoms with Crippen LogP contribution in [0.15, 0.2) is 92.0 Å². The first-order valence-electron chi connectivity index (χ1n) is 10.0. The van der Waals surface area contributed by atoms with Crippen molar-refractivity contribution in [3.8, 4) is 0 Å². The van der Waals surface area contributed by atoms with Gasteiger partial charge in [0, 0.05) is 10.6 Å². The van der Waals surface area contributed by atoms with E-state index in [0.29, 0.717) is 16.0 Å². The normalized spacial score (nSPS) is 12.2. The van der Waals surface area contributed by atoms with Crippen molar-refractivity contribution in [3.63, 3.8) is 0 Å². The molecule has 5 nitrogen and oxygen atoms in total. The zero-order valence-electron chi connectivity index (χ0n) is 17.8. The highest BCUT2D eigenvalue weighted by molar-refractivity contribution is 7.96. The Kier molecular flexibility index (Phi) is 6.06. The van der Waals surface area contributed by atoms with Crippen LogP contribution in [0.25, 0.3) is 17.0 Å². The summed E-state index contributed by atoms with van der Waals surface area (Å²) in [6.07, 6.45) is 2.25. The third-order valence-corrected chi connectivity index (χ3v) is 7.22. The maximum atomic E-state index is 13.5. The summed E-state index contributed by atoms with van der Waals surface area (Å²) in [6, 6.07) is 17.2. The lowest BCUT2D eigenvalue weighted by Gasteiger charge is -2.10. The number of benzene rings is 3. The Morgan fingerprint density at radius 1 is 0.909 bits per heavy atom. The molecule has 0 unspecified atom stereocenters. The van der Waals surface area contributed by atoms with Gasteiger partial charge in [0.25, 0.3) is 0 Å². The minimum atomic E-state index is -4.28. The molecule has 4 aromatic rings. The molecule has 0 spiro atoms. The highest BCUT2D eigenvalue weighted by atomic mass is 35.5. The van der Waals surface area contributed by atoms with E-state index in [1.54, 1.807) is 42.5 Å². The number of Topliss-reactive ketones (excluding diaryl/α,β-unsaturated/α-hetero) is 1. The molecule has 0 amide bonds. The van der Waals surface area contributed by atoms with Crippen molar-refractivity contribution in [3.05, 3.63) is 115 Å². The summed E-state index contributed by atoms with van der Waals surface area (Å²) in [5.74, 6) is -0.728. The van der Waals surface area contributed by atoms with Crippen molar-refractivity contribution < 1.29 is 17.6 Å². The van der Waals surface area contributed by atoms with Crippen LogP contribution < -0.4 is 5.43 Å². The molecule has 7 heteroatoms. The highest BCUT2D eigenvalue weighted by Gasteiger charge is 2.28. The molecular formula is C26H19ClO5S. The first-order chi connectivity index (χ1) is 15.7. The Balaban J connectivity index is 1.95. The molecule has 3 aromatic carbocycles. The van der Waals surface area contributed by atoms with Crippen LogP contribution in [0.1, 0.15) is 27.0 Å². The van der Waals surface area contributed by atoms with Gasteiger partial charge in [0.05, 0.1) is 15.8 Å². The Labute approximate surface area is 195 Å². The summed E-state index contributed by atoms with van der Waals surface area (Å²) in [7, 11) is -4.28. The number of carbonyl (C=O) groups excluding carboxylic acids is 1. The molecule has 4 rings (SSSR count). The first kappa shape index (κ1) is 22.7. The van der Waals surface area contributed by atoms with Crippen molar-refractivity contribution in [1.82, 2.24) is 0 Å². The molecule has 0 N–H and O–H groups in total. The molecule has 0 aliphatic carbocycles. The number of rotatable bonds is 5. The molecule has 0 aliphatic rings. The average molecular weight is 479 g/mol. The maximum absolute atomic E-state index is 13.5. The summed E-state index contributed by atoms with van der Waals surface area (Å²) in [5, 5.41) is 0.657. The van der Waals surface area contributed by atoms with Crippen molar-refractivity contribution in [2.45, 2.75) is 18.7 Å². The fraction of sp³-hybridized carbons (Fsp3) is 0.0769. The molecule has 1 aromatic heterocycles. The van der Waals surface area contributed by atoms with Crippen molar-refractivity contribution in [2.24, 2.45) is 0 Å². The number of allylic oxidation sites excluding steroid dienone is 1. The van der Waals surface area contributed by atoms with E-state index in [2.05, 4.69) is 0 Å². The Morgan fingerprint density at radius 2 is 1.55 bits per heavy atom. The number of sulfone groups is 1. The minimum Gasteiger partial charge on any atom is -0.463 e. The van der Waals surface area contributed by atoms with E-state index in [9.17, 15) is 18.0 Å². The molecule has 166 valence electrons. The summed E-state index contributed by atoms with van der Waals surface area (Å²) < 4.78 is 32.5. The number of hydrogen-bond acceptors (Lipinski definition) is 5. The second-order valence-electron chi connectivity index (χ2n) is 7.68. The Morgan fingerprint density at radius 3 is 2.21 bits per heavy atom. The van der Waals surface area contributed by atoms with Crippen LogP contribution in [0.4, 0.5) is 0 Å². The van der Waals surface area contributed by atoms with Crippen LogP contribution in [-0.2, 0) is 9.84 Å². The maximum Gasteiger partial charge on any atom is 0.210 e. The van der Waals surface area contributed by atoms with Crippen LogP contribution in [-0.4, -0.2) is 14.2 Å². The molecule has 0 saturated carbocycles. The molecular weight excluding hydrogens is 460 g/mol. The third-order valence-electron chi connectivity index (χ3n) is 5.19. The van der Waals surface area contributed by atoms with Crippen LogP contribution >= 0.6 is 11.6 Å². The predicted octanol–water partition coefficient (Wildman–Crippen LogP) is 5.76. The van der Waals surface area contributed by atoms with Crippen molar-refractivity contribution >= 4 is 44.3 Å².